The van der Waals surface area contributed by atoms with Crippen LogP contribution in [0.3, 0.4) is 0 Å². The minimum Gasteiger partial charge on any atom is -0.379 e. The lowest BCUT2D eigenvalue weighted by molar-refractivity contribution is -0.486. The fraction of sp³-hybridized carbons (Fsp3) is 0.533. The Morgan fingerprint density at radius 2 is 2.13 bits per heavy atom. The number of hydrazone groups is 1. The number of guanidine groups is 1. The standard InChI is InChI=1S/C15H21N5O3/c1-17-11-18(9-13-5-3-2-4-6-13)12-19(14-7-8-23-10-14)15(17)16-20(21)22/h2-6,14H,7-12H2,1H3. The van der Waals surface area contributed by atoms with Gasteiger partial charge in [0.2, 0.25) is 0 Å². The average molecular weight is 319 g/mol. The summed E-state index contributed by atoms with van der Waals surface area (Å²) in [6, 6.07) is 10.3. The molecule has 8 heteroatoms. The lowest BCUT2D eigenvalue weighted by Gasteiger charge is -2.44. The molecule has 3 rings (SSSR count). The van der Waals surface area contributed by atoms with Crippen molar-refractivity contribution in [2.75, 3.05) is 33.6 Å². The Labute approximate surface area is 135 Å². The predicted molar refractivity (Wildman–Crippen MR) is 85.0 cm³/mol. The van der Waals surface area contributed by atoms with E-state index in [-0.39, 0.29) is 6.04 Å². The Hall–Kier alpha value is -2.19. The number of benzene rings is 1. The topological polar surface area (TPSA) is 74.5 Å². The predicted octanol–water partition coefficient (Wildman–Crippen LogP) is 0.988. The van der Waals surface area contributed by atoms with Gasteiger partial charge in [0, 0.05) is 20.2 Å². The summed E-state index contributed by atoms with van der Waals surface area (Å²) in [6.45, 7) is 3.28. The highest BCUT2D eigenvalue weighted by atomic mass is 16.7. The normalized spacial score (nSPS) is 24.4. The molecule has 2 aliphatic heterocycles. The molecule has 0 amide bonds. The molecule has 2 aliphatic rings. The highest BCUT2D eigenvalue weighted by molar-refractivity contribution is 5.80. The second kappa shape index (κ2) is 6.93. The smallest absolute Gasteiger partial charge is 0.276 e. The zero-order chi connectivity index (χ0) is 16.2. The molecular weight excluding hydrogens is 298 g/mol. The van der Waals surface area contributed by atoms with Crippen molar-refractivity contribution in [3.8, 4) is 0 Å². The number of rotatable bonds is 4. The first-order valence-corrected chi connectivity index (χ1v) is 7.68. The van der Waals surface area contributed by atoms with Crippen LogP contribution in [0.1, 0.15) is 12.0 Å². The zero-order valence-corrected chi connectivity index (χ0v) is 13.2. The largest absolute Gasteiger partial charge is 0.379 e. The van der Waals surface area contributed by atoms with Crippen LogP contribution in [0.5, 0.6) is 0 Å². The lowest BCUT2D eigenvalue weighted by atomic mass is 10.2. The van der Waals surface area contributed by atoms with Crippen LogP contribution >= 0.6 is 0 Å². The van der Waals surface area contributed by atoms with Gasteiger partial charge >= 0.3 is 0 Å². The van der Waals surface area contributed by atoms with E-state index in [1.54, 1.807) is 0 Å². The van der Waals surface area contributed by atoms with Gasteiger partial charge in [-0.1, -0.05) is 30.3 Å². The second-order valence-corrected chi connectivity index (χ2v) is 5.92. The van der Waals surface area contributed by atoms with Crippen LogP contribution in [0.15, 0.2) is 35.4 Å². The van der Waals surface area contributed by atoms with Crippen molar-refractivity contribution in [2.45, 2.75) is 19.0 Å². The molecule has 2 saturated heterocycles. The van der Waals surface area contributed by atoms with E-state index in [2.05, 4.69) is 22.1 Å². The van der Waals surface area contributed by atoms with Crippen molar-refractivity contribution in [3.05, 3.63) is 46.0 Å². The molecule has 1 unspecified atom stereocenters. The van der Waals surface area contributed by atoms with E-state index in [0.29, 0.717) is 32.5 Å². The number of hydrogen-bond acceptors (Lipinski definition) is 4. The monoisotopic (exact) mass is 319 g/mol. The third-order valence-corrected chi connectivity index (χ3v) is 4.13. The van der Waals surface area contributed by atoms with Crippen molar-refractivity contribution >= 4 is 5.96 Å². The quantitative estimate of drug-likeness (QED) is 0.608. The van der Waals surface area contributed by atoms with E-state index in [0.717, 1.165) is 13.0 Å². The molecule has 1 atom stereocenters. The van der Waals surface area contributed by atoms with Gasteiger partial charge in [-0.2, -0.15) is 0 Å². The summed E-state index contributed by atoms with van der Waals surface area (Å²) in [5.74, 6) is 0.412. The molecule has 1 aromatic rings. The summed E-state index contributed by atoms with van der Waals surface area (Å²) >= 11 is 0. The Morgan fingerprint density at radius 3 is 2.78 bits per heavy atom. The van der Waals surface area contributed by atoms with Crippen LogP contribution in [0.25, 0.3) is 0 Å². The van der Waals surface area contributed by atoms with Crippen LogP contribution in [0.2, 0.25) is 0 Å². The molecule has 0 radical (unpaired) electrons. The van der Waals surface area contributed by atoms with Gasteiger partial charge in [-0.25, -0.2) is 10.1 Å². The van der Waals surface area contributed by atoms with Crippen LogP contribution in [-0.4, -0.2) is 65.3 Å². The summed E-state index contributed by atoms with van der Waals surface area (Å²) < 4.78 is 5.45. The molecule has 0 saturated carbocycles. The Morgan fingerprint density at radius 1 is 1.35 bits per heavy atom. The number of nitrogens with zero attached hydrogens (tertiary/aromatic N) is 5. The Bertz CT molecular complexity index is 574. The fourth-order valence-electron chi connectivity index (χ4n) is 3.10. The van der Waals surface area contributed by atoms with E-state index in [1.807, 2.05) is 35.0 Å². The third kappa shape index (κ3) is 3.77. The summed E-state index contributed by atoms with van der Waals surface area (Å²) in [7, 11) is 1.84. The molecule has 0 bridgehead atoms. The maximum absolute atomic E-state index is 10.9. The van der Waals surface area contributed by atoms with Crippen molar-refractivity contribution in [1.82, 2.24) is 14.7 Å². The lowest BCUT2D eigenvalue weighted by Crippen LogP contribution is -2.60. The third-order valence-electron chi connectivity index (χ3n) is 4.13. The number of nitro groups is 1. The molecule has 1 aromatic carbocycles. The molecular formula is C15H21N5O3. The first-order chi connectivity index (χ1) is 11.1. The van der Waals surface area contributed by atoms with E-state index in [1.165, 1.54) is 5.56 Å². The van der Waals surface area contributed by atoms with Gasteiger partial charge in [-0.3, -0.25) is 4.90 Å². The summed E-state index contributed by atoms with van der Waals surface area (Å²) in [6.07, 6.45) is 0.865. The van der Waals surface area contributed by atoms with E-state index in [9.17, 15) is 10.1 Å². The van der Waals surface area contributed by atoms with Gasteiger partial charge in [0.25, 0.3) is 5.96 Å². The number of ether oxygens (including phenoxy) is 1. The van der Waals surface area contributed by atoms with Crippen LogP contribution in [-0.2, 0) is 11.3 Å². The Balaban J connectivity index is 1.77. The van der Waals surface area contributed by atoms with Gasteiger partial charge in [-0.15, -0.1) is 0 Å². The molecule has 0 N–H and O–H groups in total. The first kappa shape index (κ1) is 15.7. The minimum atomic E-state index is -0.624. The van der Waals surface area contributed by atoms with E-state index < -0.39 is 5.03 Å². The highest BCUT2D eigenvalue weighted by Gasteiger charge is 2.35. The van der Waals surface area contributed by atoms with Crippen molar-refractivity contribution < 1.29 is 9.77 Å². The first-order valence-electron chi connectivity index (χ1n) is 7.68. The van der Waals surface area contributed by atoms with Gasteiger partial charge < -0.3 is 14.5 Å². The average Bonchev–Trinajstić information content (AvgIpc) is 3.04. The maximum Gasteiger partial charge on any atom is 0.276 e. The molecule has 0 aliphatic carbocycles. The van der Waals surface area contributed by atoms with Crippen molar-refractivity contribution in [2.24, 2.45) is 5.10 Å². The summed E-state index contributed by atoms with van der Waals surface area (Å²) in [5.41, 5.74) is 1.22. The molecule has 2 fully saturated rings. The van der Waals surface area contributed by atoms with Crippen LogP contribution < -0.4 is 0 Å². The molecule has 2 heterocycles. The van der Waals surface area contributed by atoms with Crippen LogP contribution in [0.4, 0.5) is 0 Å². The highest BCUT2D eigenvalue weighted by Crippen LogP contribution is 2.20. The molecule has 8 nitrogen and oxygen atoms in total. The Kier molecular flexibility index (Phi) is 4.73. The summed E-state index contributed by atoms with van der Waals surface area (Å²) in [5, 5.41) is 13.8. The van der Waals surface area contributed by atoms with Gasteiger partial charge in [0.05, 0.1) is 26.0 Å². The maximum atomic E-state index is 10.9. The number of hydrogen-bond donors (Lipinski definition) is 0. The van der Waals surface area contributed by atoms with Crippen molar-refractivity contribution in [1.29, 1.82) is 0 Å². The van der Waals surface area contributed by atoms with Gasteiger partial charge in [-0.05, 0) is 12.0 Å². The van der Waals surface area contributed by atoms with Gasteiger partial charge in [0.1, 0.15) is 5.10 Å². The van der Waals surface area contributed by atoms with E-state index >= 15 is 0 Å². The fourth-order valence-corrected chi connectivity index (χ4v) is 3.10. The summed E-state index contributed by atoms with van der Waals surface area (Å²) in [4.78, 5) is 16.9. The minimum absolute atomic E-state index is 0.134. The molecule has 0 aromatic heterocycles. The SMILES string of the molecule is CN1CN(Cc2ccccc2)CN(C2CCOC2)C1=N[N+](=O)[O-]. The van der Waals surface area contributed by atoms with Crippen molar-refractivity contribution in [3.63, 3.8) is 0 Å². The van der Waals surface area contributed by atoms with Crippen LogP contribution in [0, 0.1) is 10.1 Å². The van der Waals surface area contributed by atoms with Gasteiger partial charge in [0.15, 0.2) is 5.03 Å². The molecule has 0 spiro atoms. The molecule has 124 valence electrons. The molecule has 23 heavy (non-hydrogen) atoms. The van der Waals surface area contributed by atoms with E-state index in [4.69, 9.17) is 4.74 Å². The zero-order valence-electron chi connectivity index (χ0n) is 13.2. The second-order valence-electron chi connectivity index (χ2n) is 5.92.